The molecule has 3 nitrogen and oxygen atoms in total. The van der Waals surface area contributed by atoms with Crippen LogP contribution in [0.3, 0.4) is 0 Å². The fourth-order valence-corrected chi connectivity index (χ4v) is 2.36. The molecule has 1 saturated carbocycles. The van der Waals surface area contributed by atoms with E-state index in [1.807, 2.05) is 6.92 Å². The molecule has 0 amide bonds. The number of carbonyl (C=O) groups excluding carboxylic acids is 1. The number of Topliss-reactive ketones (excluding diaryl/α,β-unsaturated/α-hetero) is 1. The third-order valence-electron chi connectivity index (χ3n) is 3.15. The van der Waals surface area contributed by atoms with Crippen molar-refractivity contribution in [1.82, 2.24) is 0 Å². The van der Waals surface area contributed by atoms with Gasteiger partial charge in [-0.1, -0.05) is 27.7 Å². The molecule has 0 aliphatic heterocycles. The molecule has 102 valence electrons. The molecule has 1 aliphatic carbocycles. The van der Waals surface area contributed by atoms with Crippen LogP contribution in [-0.4, -0.2) is 23.1 Å². The molecule has 18 heavy (non-hydrogen) atoms. The van der Waals surface area contributed by atoms with Gasteiger partial charge in [-0.2, -0.15) is 0 Å². The highest BCUT2D eigenvalue weighted by Crippen LogP contribution is 2.35. The zero-order chi connectivity index (χ0) is 13.8. The third-order valence-corrected chi connectivity index (χ3v) is 3.15. The first-order valence-electron chi connectivity index (χ1n) is 6.90. The van der Waals surface area contributed by atoms with Gasteiger partial charge >= 0.3 is 0 Å². The Balaban J connectivity index is 3.11. The molecule has 3 heteroatoms. The molecule has 1 aliphatic rings. The Hall–Kier alpha value is -1.12. The fourth-order valence-electron chi connectivity index (χ4n) is 2.36. The number of aliphatic hydroxyl groups excluding tert-OH is 1. The molecule has 0 heterocycles. The van der Waals surface area contributed by atoms with Gasteiger partial charge < -0.3 is 5.11 Å². The van der Waals surface area contributed by atoms with E-state index in [1.54, 1.807) is 0 Å². The smallest absolute Gasteiger partial charge is 0.168 e. The van der Waals surface area contributed by atoms with Crippen LogP contribution in [0, 0.1) is 5.41 Å². The van der Waals surface area contributed by atoms with Gasteiger partial charge in [-0.25, -0.2) is 0 Å². The molecule has 0 aromatic heterocycles. The summed E-state index contributed by atoms with van der Waals surface area (Å²) in [6, 6.07) is 0. The van der Waals surface area contributed by atoms with Gasteiger partial charge in [0.05, 0.1) is 5.57 Å². The first-order valence-corrected chi connectivity index (χ1v) is 6.90. The Kier molecular flexibility index (Phi) is 5.12. The average molecular weight is 251 g/mol. The number of ketones is 1. The Morgan fingerprint density at radius 1 is 1.28 bits per heavy atom. The van der Waals surface area contributed by atoms with Gasteiger partial charge in [0.2, 0.25) is 0 Å². The summed E-state index contributed by atoms with van der Waals surface area (Å²) in [5.74, 6) is 0.278. The molecule has 0 atom stereocenters. The van der Waals surface area contributed by atoms with E-state index in [0.29, 0.717) is 18.4 Å². The second kappa shape index (κ2) is 6.17. The second-order valence-corrected chi connectivity index (χ2v) is 5.84. The lowest BCUT2D eigenvalue weighted by molar-refractivity contribution is -0.117. The predicted octanol–water partition coefficient (Wildman–Crippen LogP) is 3.84. The Morgan fingerprint density at radius 3 is 2.50 bits per heavy atom. The Morgan fingerprint density at radius 2 is 1.94 bits per heavy atom. The van der Waals surface area contributed by atoms with E-state index in [-0.39, 0.29) is 17.0 Å². The van der Waals surface area contributed by atoms with Crippen molar-refractivity contribution in [3.63, 3.8) is 0 Å². The fraction of sp³-hybridized carbons (Fsp3) is 0.733. The van der Waals surface area contributed by atoms with E-state index in [9.17, 15) is 9.90 Å². The van der Waals surface area contributed by atoms with Crippen LogP contribution in [0.5, 0.6) is 0 Å². The molecular formula is C15H25NO2. The van der Waals surface area contributed by atoms with Crippen molar-refractivity contribution in [3.05, 3.63) is 11.3 Å². The predicted molar refractivity (Wildman–Crippen MR) is 75.2 cm³/mol. The highest BCUT2D eigenvalue weighted by atomic mass is 16.3. The minimum absolute atomic E-state index is 0.0420. The molecule has 0 spiro atoms. The van der Waals surface area contributed by atoms with Crippen molar-refractivity contribution in [2.75, 3.05) is 6.54 Å². The molecule has 0 aromatic carbocycles. The molecular weight excluding hydrogens is 226 g/mol. The summed E-state index contributed by atoms with van der Waals surface area (Å²) < 4.78 is 0. The van der Waals surface area contributed by atoms with Crippen molar-refractivity contribution in [2.45, 2.75) is 59.8 Å². The lowest BCUT2D eigenvalue weighted by atomic mass is 9.73. The minimum Gasteiger partial charge on any atom is -0.511 e. The van der Waals surface area contributed by atoms with E-state index in [2.05, 4.69) is 25.8 Å². The Bertz CT molecular complexity index is 378. The van der Waals surface area contributed by atoms with Crippen LogP contribution in [0.2, 0.25) is 0 Å². The van der Waals surface area contributed by atoms with E-state index in [4.69, 9.17) is 0 Å². The molecule has 1 N–H and O–H groups in total. The van der Waals surface area contributed by atoms with Crippen molar-refractivity contribution < 1.29 is 9.90 Å². The second-order valence-electron chi connectivity index (χ2n) is 5.84. The molecule has 0 bridgehead atoms. The molecule has 1 rings (SSSR count). The van der Waals surface area contributed by atoms with E-state index in [0.717, 1.165) is 31.5 Å². The molecule has 0 aromatic rings. The average Bonchev–Trinajstić information content (AvgIpc) is 2.24. The maximum atomic E-state index is 12.2. The maximum Gasteiger partial charge on any atom is 0.168 e. The van der Waals surface area contributed by atoms with Crippen LogP contribution >= 0.6 is 0 Å². The first-order chi connectivity index (χ1) is 8.41. The number of allylic oxidation sites excluding steroid dienone is 2. The quantitative estimate of drug-likeness (QED) is 0.609. The number of nitrogens with zero attached hydrogens (tertiary/aromatic N) is 1. The van der Waals surface area contributed by atoms with Gasteiger partial charge in [-0.3, -0.25) is 9.79 Å². The number of hydrogen-bond acceptors (Lipinski definition) is 3. The van der Waals surface area contributed by atoms with Crippen molar-refractivity contribution in [2.24, 2.45) is 10.4 Å². The summed E-state index contributed by atoms with van der Waals surface area (Å²) in [6.07, 6.45) is 3.64. The molecule has 0 unspecified atom stereocenters. The van der Waals surface area contributed by atoms with Crippen molar-refractivity contribution in [3.8, 4) is 0 Å². The van der Waals surface area contributed by atoms with Crippen LogP contribution in [0.4, 0.5) is 0 Å². The number of rotatable bonds is 4. The molecule has 0 radical (unpaired) electrons. The van der Waals surface area contributed by atoms with Gasteiger partial charge in [0, 0.05) is 25.1 Å². The summed E-state index contributed by atoms with van der Waals surface area (Å²) in [4.78, 5) is 16.7. The van der Waals surface area contributed by atoms with Gasteiger partial charge in [0.25, 0.3) is 0 Å². The Labute approximate surface area is 110 Å². The number of aliphatic imine (C=N–C) groups is 1. The maximum absolute atomic E-state index is 12.2. The van der Waals surface area contributed by atoms with Crippen LogP contribution < -0.4 is 0 Å². The largest absolute Gasteiger partial charge is 0.511 e. The van der Waals surface area contributed by atoms with Gasteiger partial charge in [-0.15, -0.1) is 0 Å². The summed E-state index contributed by atoms with van der Waals surface area (Å²) >= 11 is 0. The number of aliphatic hydroxyl groups is 1. The van der Waals surface area contributed by atoms with E-state index >= 15 is 0 Å². The summed E-state index contributed by atoms with van der Waals surface area (Å²) in [7, 11) is 0. The molecule has 0 saturated heterocycles. The number of carbonyl (C=O) groups is 1. The zero-order valence-corrected chi connectivity index (χ0v) is 12.0. The van der Waals surface area contributed by atoms with Crippen LogP contribution in [0.15, 0.2) is 16.3 Å². The van der Waals surface area contributed by atoms with Crippen molar-refractivity contribution >= 4 is 11.5 Å². The number of hydrogen-bond donors (Lipinski definition) is 1. The summed E-state index contributed by atoms with van der Waals surface area (Å²) in [6.45, 7) is 8.95. The van der Waals surface area contributed by atoms with E-state index in [1.165, 1.54) is 0 Å². The first kappa shape index (κ1) is 14.9. The molecule has 1 fully saturated rings. The topological polar surface area (TPSA) is 49.7 Å². The van der Waals surface area contributed by atoms with Crippen LogP contribution in [0.1, 0.15) is 59.8 Å². The van der Waals surface area contributed by atoms with Crippen LogP contribution in [-0.2, 0) is 4.79 Å². The highest BCUT2D eigenvalue weighted by Gasteiger charge is 2.35. The highest BCUT2D eigenvalue weighted by molar-refractivity contribution is 6.24. The lowest BCUT2D eigenvalue weighted by Crippen LogP contribution is -2.32. The van der Waals surface area contributed by atoms with Crippen LogP contribution in [0.25, 0.3) is 0 Å². The van der Waals surface area contributed by atoms with Gasteiger partial charge in [-0.05, 0) is 24.7 Å². The summed E-state index contributed by atoms with van der Waals surface area (Å²) in [5.41, 5.74) is 1.27. The third kappa shape index (κ3) is 3.69. The van der Waals surface area contributed by atoms with Gasteiger partial charge in [0.15, 0.2) is 5.78 Å². The monoisotopic (exact) mass is 251 g/mol. The summed E-state index contributed by atoms with van der Waals surface area (Å²) in [5, 5.41) is 10.1. The van der Waals surface area contributed by atoms with E-state index < -0.39 is 0 Å². The normalized spacial score (nSPS) is 24.4. The lowest BCUT2D eigenvalue weighted by Gasteiger charge is -2.31. The zero-order valence-electron chi connectivity index (χ0n) is 12.0. The van der Waals surface area contributed by atoms with Crippen molar-refractivity contribution in [1.29, 1.82) is 0 Å². The minimum atomic E-state index is -0.0420. The SMILES string of the molecule is CCCN=C1CC(C)(C)CC(=O)/C1=C(/O)CCC. The standard InChI is InChI=1S/C15H25NO2/c1-5-7-12(17)14-11(16-8-6-2)9-15(3,4)10-13(14)18/h17H,5-10H2,1-4H3/b14-12+,16-11?. The van der Waals surface area contributed by atoms with Gasteiger partial charge in [0.1, 0.15) is 5.76 Å².